The number of thiophene rings is 1. The Morgan fingerprint density at radius 1 is 1.30 bits per heavy atom. The van der Waals surface area contributed by atoms with Gasteiger partial charge in [-0.05, 0) is 72.4 Å². The summed E-state index contributed by atoms with van der Waals surface area (Å²) in [5.74, 6) is -1.86. The summed E-state index contributed by atoms with van der Waals surface area (Å²) in [7, 11) is 0. The van der Waals surface area contributed by atoms with Gasteiger partial charge in [0.05, 0.1) is 17.9 Å². The largest absolute Gasteiger partial charge is 0.462 e. The molecule has 0 saturated carbocycles. The topological polar surface area (TPSA) is 50.4 Å². The van der Waals surface area contributed by atoms with Crippen molar-refractivity contribution in [3.05, 3.63) is 44.2 Å². The van der Waals surface area contributed by atoms with Crippen LogP contribution in [-0.4, -0.2) is 17.7 Å². The molecule has 0 atom stereocenters. The monoisotopic (exact) mass is 474 g/mol. The van der Waals surface area contributed by atoms with E-state index in [4.69, 9.17) is 17.0 Å². The molecule has 2 N–H and O–H groups in total. The first-order valence-corrected chi connectivity index (χ1v) is 10.5. The Kier molecular flexibility index (Phi) is 6.44. The average molecular weight is 475 g/mol. The second-order valence-electron chi connectivity index (χ2n) is 5.96. The van der Waals surface area contributed by atoms with Gasteiger partial charge in [-0.25, -0.2) is 13.6 Å². The molecule has 0 amide bonds. The number of nitrogens with one attached hydrogen (secondary N) is 2. The molecule has 0 saturated heterocycles. The second-order valence-corrected chi connectivity index (χ2v) is 8.33. The van der Waals surface area contributed by atoms with Gasteiger partial charge in [0.15, 0.2) is 10.9 Å². The van der Waals surface area contributed by atoms with Gasteiger partial charge in [-0.1, -0.05) is 0 Å². The van der Waals surface area contributed by atoms with E-state index in [0.717, 1.165) is 48.3 Å². The highest BCUT2D eigenvalue weighted by Crippen LogP contribution is 2.39. The highest BCUT2D eigenvalue weighted by atomic mass is 79.9. The summed E-state index contributed by atoms with van der Waals surface area (Å²) in [6.07, 6.45) is 3.82. The number of esters is 1. The van der Waals surface area contributed by atoms with Crippen molar-refractivity contribution in [1.29, 1.82) is 0 Å². The van der Waals surface area contributed by atoms with Crippen molar-refractivity contribution in [2.75, 3.05) is 17.2 Å². The molecule has 4 nitrogen and oxygen atoms in total. The van der Waals surface area contributed by atoms with Gasteiger partial charge in [0.2, 0.25) is 0 Å². The van der Waals surface area contributed by atoms with Gasteiger partial charge in [-0.15, -0.1) is 11.3 Å². The molecule has 0 aliphatic heterocycles. The van der Waals surface area contributed by atoms with Gasteiger partial charge in [0, 0.05) is 15.4 Å². The average Bonchev–Trinajstić information content (AvgIpc) is 2.96. The number of hydrogen-bond acceptors (Lipinski definition) is 4. The van der Waals surface area contributed by atoms with Crippen LogP contribution in [0.5, 0.6) is 0 Å². The maximum atomic E-state index is 14.0. The van der Waals surface area contributed by atoms with Crippen molar-refractivity contribution < 1.29 is 18.3 Å². The van der Waals surface area contributed by atoms with Crippen molar-refractivity contribution in [3.63, 3.8) is 0 Å². The molecule has 0 bridgehead atoms. The predicted molar refractivity (Wildman–Crippen MR) is 111 cm³/mol. The fourth-order valence-electron chi connectivity index (χ4n) is 2.98. The summed E-state index contributed by atoms with van der Waals surface area (Å²) in [6.45, 7) is 2.03. The van der Waals surface area contributed by atoms with Crippen molar-refractivity contribution in [1.82, 2.24) is 0 Å². The Bertz CT molecular complexity index is 879. The number of hydrogen-bond donors (Lipinski definition) is 2. The summed E-state index contributed by atoms with van der Waals surface area (Å²) in [5, 5.41) is 6.38. The van der Waals surface area contributed by atoms with Gasteiger partial charge in [0.1, 0.15) is 10.8 Å². The normalized spacial score (nSPS) is 13.0. The minimum atomic E-state index is -0.776. The van der Waals surface area contributed by atoms with E-state index in [1.165, 1.54) is 11.3 Å². The van der Waals surface area contributed by atoms with Crippen LogP contribution in [0, 0.1) is 11.6 Å². The molecule has 1 aromatic carbocycles. The van der Waals surface area contributed by atoms with E-state index in [9.17, 15) is 13.6 Å². The lowest BCUT2D eigenvalue weighted by Crippen LogP contribution is -2.21. The highest BCUT2D eigenvalue weighted by molar-refractivity contribution is 9.10. The molecule has 144 valence electrons. The molecule has 9 heteroatoms. The molecule has 1 aliphatic carbocycles. The number of fused-ring (bicyclic) bond motifs is 1. The summed E-state index contributed by atoms with van der Waals surface area (Å²) in [5.41, 5.74) is 1.52. The third kappa shape index (κ3) is 4.47. The van der Waals surface area contributed by atoms with Crippen LogP contribution in [0.2, 0.25) is 0 Å². The van der Waals surface area contributed by atoms with Crippen molar-refractivity contribution in [2.24, 2.45) is 0 Å². The Morgan fingerprint density at radius 3 is 2.74 bits per heavy atom. The zero-order valence-corrected chi connectivity index (χ0v) is 17.7. The quantitative estimate of drug-likeness (QED) is 0.442. The maximum Gasteiger partial charge on any atom is 0.341 e. The number of anilines is 2. The van der Waals surface area contributed by atoms with Crippen LogP contribution in [-0.2, 0) is 17.6 Å². The van der Waals surface area contributed by atoms with Gasteiger partial charge < -0.3 is 15.4 Å². The van der Waals surface area contributed by atoms with Gasteiger partial charge in [-0.2, -0.15) is 0 Å². The number of carbonyl (C=O) groups excluding carboxylic acids is 1. The van der Waals surface area contributed by atoms with E-state index in [2.05, 4.69) is 26.6 Å². The van der Waals surface area contributed by atoms with Crippen molar-refractivity contribution in [3.8, 4) is 0 Å². The van der Waals surface area contributed by atoms with E-state index >= 15 is 0 Å². The number of rotatable bonds is 4. The standard InChI is InChI=1S/C18H17BrF2N2O2S2/c1-2-25-17(24)14-10-5-3-4-6-13(10)27-16(14)23-18(26)22-15-11(19)7-9(20)8-12(15)21/h7-8H,2-6H2,1H3,(H2,22,23,26). The van der Waals surface area contributed by atoms with Crippen LogP contribution in [0.3, 0.4) is 0 Å². The molecular weight excluding hydrogens is 458 g/mol. The summed E-state index contributed by atoms with van der Waals surface area (Å²) < 4.78 is 32.7. The molecule has 0 radical (unpaired) electrons. The Hall–Kier alpha value is -1.58. The third-order valence-electron chi connectivity index (χ3n) is 4.12. The zero-order valence-electron chi connectivity index (χ0n) is 14.5. The predicted octanol–water partition coefficient (Wildman–Crippen LogP) is 5.65. The summed E-state index contributed by atoms with van der Waals surface area (Å²) in [4.78, 5) is 13.6. The van der Waals surface area contributed by atoms with E-state index in [1.54, 1.807) is 6.92 Å². The fraction of sp³-hybridized carbons (Fsp3) is 0.333. The molecule has 1 heterocycles. The lowest BCUT2D eigenvalue weighted by Gasteiger charge is -2.14. The number of thiocarbonyl (C=S) groups is 1. The van der Waals surface area contributed by atoms with Crippen LogP contribution in [0.25, 0.3) is 0 Å². The van der Waals surface area contributed by atoms with E-state index in [-0.39, 0.29) is 21.9 Å². The molecule has 27 heavy (non-hydrogen) atoms. The van der Waals surface area contributed by atoms with Gasteiger partial charge in [0.25, 0.3) is 0 Å². The van der Waals surface area contributed by atoms with Gasteiger partial charge in [-0.3, -0.25) is 0 Å². The summed E-state index contributed by atoms with van der Waals surface area (Å²) in [6, 6.07) is 1.91. The summed E-state index contributed by atoms with van der Waals surface area (Å²) >= 11 is 9.85. The molecule has 3 rings (SSSR count). The highest BCUT2D eigenvalue weighted by Gasteiger charge is 2.27. The number of carbonyl (C=O) groups is 1. The minimum Gasteiger partial charge on any atom is -0.462 e. The maximum absolute atomic E-state index is 14.0. The lowest BCUT2D eigenvalue weighted by atomic mass is 9.95. The molecule has 0 spiro atoms. The van der Waals surface area contributed by atoms with E-state index in [1.807, 2.05) is 0 Å². The van der Waals surface area contributed by atoms with Crippen LogP contribution < -0.4 is 10.6 Å². The smallest absolute Gasteiger partial charge is 0.341 e. The molecule has 1 aromatic heterocycles. The first-order chi connectivity index (χ1) is 12.9. The first-order valence-electron chi connectivity index (χ1n) is 8.45. The molecule has 0 fully saturated rings. The van der Waals surface area contributed by atoms with Crippen LogP contribution in [0.1, 0.15) is 40.6 Å². The molecular formula is C18H17BrF2N2O2S2. The number of aryl methyl sites for hydroxylation is 1. The number of ether oxygens (including phenoxy) is 1. The molecule has 2 aromatic rings. The Balaban J connectivity index is 1.86. The lowest BCUT2D eigenvalue weighted by molar-refractivity contribution is 0.0526. The molecule has 1 aliphatic rings. The fourth-order valence-corrected chi connectivity index (χ4v) is 5.04. The number of benzene rings is 1. The Labute approximate surface area is 173 Å². The first kappa shape index (κ1) is 20.2. The minimum absolute atomic E-state index is 0.0212. The van der Waals surface area contributed by atoms with Gasteiger partial charge >= 0.3 is 5.97 Å². The zero-order chi connectivity index (χ0) is 19.6. The van der Waals surface area contributed by atoms with Crippen molar-refractivity contribution in [2.45, 2.75) is 32.6 Å². The molecule has 0 unspecified atom stereocenters. The third-order valence-corrected chi connectivity index (χ3v) is 6.16. The number of halogens is 3. The van der Waals surface area contributed by atoms with Crippen LogP contribution >= 0.6 is 39.5 Å². The van der Waals surface area contributed by atoms with E-state index in [0.29, 0.717) is 10.6 Å². The van der Waals surface area contributed by atoms with Crippen molar-refractivity contribution >= 4 is 61.3 Å². The Morgan fingerprint density at radius 2 is 2.04 bits per heavy atom. The second kappa shape index (κ2) is 8.62. The van der Waals surface area contributed by atoms with E-state index < -0.39 is 17.6 Å². The SMILES string of the molecule is CCOC(=O)c1c(NC(=S)Nc2c(F)cc(F)cc2Br)sc2c1CCCC2. The van der Waals surface area contributed by atoms with Crippen LogP contribution in [0.15, 0.2) is 16.6 Å². The van der Waals surface area contributed by atoms with Crippen LogP contribution in [0.4, 0.5) is 19.5 Å².